The molecular weight excluding hydrogens is 306 g/mol. The van der Waals surface area contributed by atoms with Crippen molar-refractivity contribution in [3.05, 3.63) is 34.8 Å². The summed E-state index contributed by atoms with van der Waals surface area (Å²) in [6.07, 6.45) is 4.23. The third-order valence-corrected chi connectivity index (χ3v) is 6.11. The van der Waals surface area contributed by atoms with Gasteiger partial charge in [-0.3, -0.25) is 4.72 Å². The highest BCUT2D eigenvalue weighted by molar-refractivity contribution is 7.93. The quantitative estimate of drug-likeness (QED) is 0.907. The van der Waals surface area contributed by atoms with Crippen molar-refractivity contribution in [1.29, 1.82) is 0 Å². The zero-order valence-electron chi connectivity index (χ0n) is 11.7. The van der Waals surface area contributed by atoms with Crippen LogP contribution in [0, 0.1) is 0 Å². The molecule has 0 radical (unpaired) electrons. The Kier molecular flexibility index (Phi) is 3.86. The van der Waals surface area contributed by atoms with Crippen molar-refractivity contribution in [1.82, 2.24) is 4.98 Å². The minimum atomic E-state index is -3.62. The zero-order valence-corrected chi connectivity index (χ0v) is 13.4. The normalized spacial score (nSPS) is 14.5. The Morgan fingerprint density at radius 3 is 2.71 bits per heavy atom. The molecule has 2 aromatic rings. The van der Waals surface area contributed by atoms with Gasteiger partial charge < -0.3 is 5.32 Å². The number of sulfonamides is 1. The first-order valence-corrected chi connectivity index (χ1v) is 9.18. The van der Waals surface area contributed by atoms with Gasteiger partial charge in [-0.05, 0) is 37.8 Å². The number of aryl methyl sites for hydroxylation is 2. The topological polar surface area (TPSA) is 71.1 Å². The highest BCUT2D eigenvalue weighted by Crippen LogP contribution is 2.31. The Morgan fingerprint density at radius 1 is 1.19 bits per heavy atom. The minimum absolute atomic E-state index is 0.237. The molecule has 0 aliphatic heterocycles. The van der Waals surface area contributed by atoms with Gasteiger partial charge in [-0.1, -0.05) is 12.1 Å². The number of nitrogens with zero attached hydrogens (tertiary/aromatic N) is 1. The van der Waals surface area contributed by atoms with Gasteiger partial charge in [0.05, 0.1) is 11.4 Å². The number of para-hydroxylation sites is 1. The first kappa shape index (κ1) is 14.3. The lowest BCUT2D eigenvalue weighted by molar-refractivity contribution is 0.601. The van der Waals surface area contributed by atoms with E-state index in [9.17, 15) is 8.42 Å². The first-order valence-electron chi connectivity index (χ1n) is 6.88. The van der Waals surface area contributed by atoms with Crippen LogP contribution in [-0.2, 0) is 22.9 Å². The molecule has 1 heterocycles. The van der Waals surface area contributed by atoms with Crippen LogP contribution < -0.4 is 10.0 Å². The third-order valence-electron chi connectivity index (χ3n) is 3.51. The van der Waals surface area contributed by atoms with Crippen LogP contribution in [0.25, 0.3) is 0 Å². The average molecular weight is 323 g/mol. The van der Waals surface area contributed by atoms with Crippen LogP contribution in [0.2, 0.25) is 0 Å². The maximum Gasteiger partial charge on any atom is 0.265 e. The first-order chi connectivity index (χ1) is 10.1. The van der Waals surface area contributed by atoms with E-state index in [-0.39, 0.29) is 4.90 Å². The third kappa shape index (κ3) is 2.89. The molecular formula is C14H17N3O2S2. The van der Waals surface area contributed by atoms with Gasteiger partial charge in [0.2, 0.25) is 0 Å². The second kappa shape index (κ2) is 5.65. The number of aromatic nitrogens is 1. The number of benzene rings is 1. The molecule has 0 bridgehead atoms. The van der Waals surface area contributed by atoms with E-state index in [1.165, 1.54) is 16.2 Å². The molecule has 3 rings (SSSR count). The molecule has 2 N–H and O–H groups in total. The summed E-state index contributed by atoms with van der Waals surface area (Å²) < 4.78 is 27.6. The summed E-state index contributed by atoms with van der Waals surface area (Å²) >= 11 is 1.45. The number of rotatable bonds is 4. The maximum atomic E-state index is 12.5. The van der Waals surface area contributed by atoms with E-state index in [4.69, 9.17) is 0 Å². The van der Waals surface area contributed by atoms with Crippen LogP contribution in [0.4, 0.5) is 10.8 Å². The fraction of sp³-hybridized carbons (Fsp3) is 0.357. The highest BCUT2D eigenvalue weighted by Gasteiger charge is 2.21. The van der Waals surface area contributed by atoms with Gasteiger partial charge in [0, 0.05) is 11.9 Å². The van der Waals surface area contributed by atoms with E-state index in [1.54, 1.807) is 31.3 Å². The summed E-state index contributed by atoms with van der Waals surface area (Å²) in [6.45, 7) is 0. The summed E-state index contributed by atoms with van der Waals surface area (Å²) in [5.41, 5.74) is 1.62. The fourth-order valence-corrected chi connectivity index (χ4v) is 4.97. The molecule has 0 saturated carbocycles. The Labute approximate surface area is 128 Å². The van der Waals surface area contributed by atoms with E-state index < -0.39 is 10.0 Å². The highest BCUT2D eigenvalue weighted by atomic mass is 32.2. The standard InChI is InChI=1S/C14H17N3O2S2/c1-15-11-7-3-5-9-13(11)21(18,19)17-14-16-10-6-2-4-8-12(10)20-14/h3,5,7,9,15H,2,4,6,8H2,1H3,(H,16,17). The fourth-order valence-electron chi connectivity index (χ4n) is 2.47. The lowest BCUT2D eigenvalue weighted by Gasteiger charge is -2.09. The van der Waals surface area contributed by atoms with Gasteiger partial charge in [0.25, 0.3) is 10.0 Å². The van der Waals surface area contributed by atoms with Gasteiger partial charge in [-0.2, -0.15) is 0 Å². The summed E-state index contributed by atoms with van der Waals surface area (Å²) in [6, 6.07) is 6.83. The van der Waals surface area contributed by atoms with E-state index in [0.717, 1.165) is 31.4 Å². The average Bonchev–Trinajstić information content (AvgIpc) is 2.88. The Bertz CT molecular complexity index is 730. The molecule has 1 aromatic carbocycles. The molecule has 5 nitrogen and oxygen atoms in total. The minimum Gasteiger partial charge on any atom is -0.387 e. The smallest absolute Gasteiger partial charge is 0.265 e. The molecule has 0 amide bonds. The molecule has 0 saturated heterocycles. The van der Waals surface area contributed by atoms with Crippen molar-refractivity contribution in [3.8, 4) is 0 Å². The predicted molar refractivity (Wildman–Crippen MR) is 85.6 cm³/mol. The second-order valence-corrected chi connectivity index (χ2v) is 7.68. The molecule has 1 aliphatic carbocycles. The lowest BCUT2D eigenvalue weighted by atomic mass is 10.0. The molecule has 112 valence electrons. The van der Waals surface area contributed by atoms with Crippen molar-refractivity contribution in [2.45, 2.75) is 30.6 Å². The van der Waals surface area contributed by atoms with Crippen LogP contribution in [-0.4, -0.2) is 20.4 Å². The number of nitrogens with one attached hydrogen (secondary N) is 2. The number of thiazole rings is 1. The molecule has 0 unspecified atom stereocenters. The molecule has 7 heteroatoms. The second-order valence-electron chi connectivity index (χ2n) is 4.95. The van der Waals surface area contributed by atoms with Gasteiger partial charge in [0.15, 0.2) is 5.13 Å². The molecule has 21 heavy (non-hydrogen) atoms. The van der Waals surface area contributed by atoms with Crippen LogP contribution in [0.15, 0.2) is 29.2 Å². The summed E-state index contributed by atoms with van der Waals surface area (Å²) in [5.74, 6) is 0. The van der Waals surface area contributed by atoms with Crippen LogP contribution in [0.3, 0.4) is 0 Å². The van der Waals surface area contributed by atoms with Crippen molar-refractivity contribution in [2.75, 3.05) is 17.1 Å². The Morgan fingerprint density at radius 2 is 1.95 bits per heavy atom. The van der Waals surface area contributed by atoms with Gasteiger partial charge >= 0.3 is 0 Å². The van der Waals surface area contributed by atoms with Crippen molar-refractivity contribution in [2.24, 2.45) is 0 Å². The lowest BCUT2D eigenvalue weighted by Crippen LogP contribution is -2.14. The summed E-state index contributed by atoms with van der Waals surface area (Å²) in [5, 5.41) is 3.37. The summed E-state index contributed by atoms with van der Waals surface area (Å²) in [4.78, 5) is 5.87. The molecule has 0 fully saturated rings. The predicted octanol–water partition coefficient (Wildman–Crippen LogP) is 2.86. The van der Waals surface area contributed by atoms with Crippen molar-refractivity contribution >= 4 is 32.2 Å². The van der Waals surface area contributed by atoms with E-state index in [2.05, 4.69) is 15.0 Å². The Hall–Kier alpha value is -1.60. The number of hydrogen-bond acceptors (Lipinski definition) is 5. The largest absolute Gasteiger partial charge is 0.387 e. The Balaban J connectivity index is 1.91. The van der Waals surface area contributed by atoms with Crippen molar-refractivity contribution < 1.29 is 8.42 Å². The summed E-state index contributed by atoms with van der Waals surface area (Å²) in [7, 11) is -1.92. The molecule has 1 aromatic heterocycles. The van der Waals surface area contributed by atoms with Crippen LogP contribution in [0.5, 0.6) is 0 Å². The van der Waals surface area contributed by atoms with Crippen LogP contribution in [0.1, 0.15) is 23.4 Å². The molecule has 1 aliphatic rings. The number of anilines is 2. The van der Waals surface area contributed by atoms with E-state index in [0.29, 0.717) is 10.8 Å². The maximum absolute atomic E-state index is 12.5. The number of fused-ring (bicyclic) bond motifs is 1. The van der Waals surface area contributed by atoms with E-state index in [1.807, 2.05) is 0 Å². The van der Waals surface area contributed by atoms with E-state index >= 15 is 0 Å². The monoisotopic (exact) mass is 323 g/mol. The van der Waals surface area contributed by atoms with Gasteiger partial charge in [-0.25, -0.2) is 13.4 Å². The molecule has 0 spiro atoms. The van der Waals surface area contributed by atoms with Crippen LogP contribution >= 0.6 is 11.3 Å². The van der Waals surface area contributed by atoms with Gasteiger partial charge in [0.1, 0.15) is 4.90 Å². The number of hydrogen-bond donors (Lipinski definition) is 2. The van der Waals surface area contributed by atoms with Gasteiger partial charge in [-0.15, -0.1) is 11.3 Å². The SMILES string of the molecule is CNc1ccccc1S(=O)(=O)Nc1nc2c(s1)CCCC2. The van der Waals surface area contributed by atoms with Crippen molar-refractivity contribution in [3.63, 3.8) is 0 Å². The molecule has 0 atom stereocenters. The zero-order chi connectivity index (χ0) is 14.9.